The van der Waals surface area contributed by atoms with Crippen molar-refractivity contribution in [3.63, 3.8) is 0 Å². The van der Waals surface area contributed by atoms with E-state index in [0.29, 0.717) is 0 Å². The van der Waals surface area contributed by atoms with Crippen molar-refractivity contribution in [1.82, 2.24) is 5.32 Å². The maximum Gasteiger partial charge on any atom is 0.311 e. The van der Waals surface area contributed by atoms with Gasteiger partial charge < -0.3 is 15.2 Å². The summed E-state index contributed by atoms with van der Waals surface area (Å²) < 4.78 is 43.5. The Morgan fingerprint density at radius 1 is 1.32 bits per heavy atom. The van der Waals surface area contributed by atoms with Gasteiger partial charge in [-0.15, -0.1) is 0 Å². The minimum absolute atomic E-state index is 0.0854. The zero-order valence-electron chi connectivity index (χ0n) is 13.5. The van der Waals surface area contributed by atoms with Crippen molar-refractivity contribution in [1.29, 1.82) is 0 Å². The standard InChI is InChI=1S/C15H19FN2O6S/c1-25(22,23)18-12-3-2-10(16)8-11(12)13(19)17-9-15(14(20)21)4-6-24-7-5-15/h2-3,8,18H,4-7,9H2,1H3,(H,17,19)(H,20,21). The molecule has 3 N–H and O–H groups in total. The molecule has 0 aliphatic carbocycles. The second kappa shape index (κ2) is 7.36. The summed E-state index contributed by atoms with van der Waals surface area (Å²) in [6, 6.07) is 3.04. The van der Waals surface area contributed by atoms with Gasteiger partial charge >= 0.3 is 5.97 Å². The SMILES string of the molecule is CS(=O)(=O)Nc1ccc(F)cc1C(=O)NCC1(C(=O)O)CCOCC1. The average Bonchev–Trinajstić information content (AvgIpc) is 2.54. The van der Waals surface area contributed by atoms with Crippen LogP contribution in [0.3, 0.4) is 0 Å². The van der Waals surface area contributed by atoms with E-state index in [9.17, 15) is 27.5 Å². The Hall–Kier alpha value is -2.20. The van der Waals surface area contributed by atoms with Gasteiger partial charge in [-0.3, -0.25) is 14.3 Å². The lowest BCUT2D eigenvalue weighted by molar-refractivity contribution is -0.154. The Morgan fingerprint density at radius 2 is 1.96 bits per heavy atom. The zero-order chi connectivity index (χ0) is 18.7. The number of amides is 1. The van der Waals surface area contributed by atoms with Crippen LogP contribution >= 0.6 is 0 Å². The van der Waals surface area contributed by atoms with Gasteiger partial charge in [0.25, 0.3) is 5.91 Å². The van der Waals surface area contributed by atoms with Crippen LogP contribution in [0, 0.1) is 11.2 Å². The molecule has 2 rings (SSSR count). The summed E-state index contributed by atoms with van der Waals surface area (Å²) in [6.45, 7) is 0.366. The van der Waals surface area contributed by atoms with Gasteiger partial charge in [0, 0.05) is 19.8 Å². The molecule has 1 amide bonds. The van der Waals surface area contributed by atoms with Crippen molar-refractivity contribution in [3.8, 4) is 0 Å². The number of nitrogens with one attached hydrogen (secondary N) is 2. The van der Waals surface area contributed by atoms with E-state index in [1.165, 1.54) is 0 Å². The smallest absolute Gasteiger partial charge is 0.311 e. The molecule has 0 bridgehead atoms. The van der Waals surface area contributed by atoms with E-state index >= 15 is 0 Å². The van der Waals surface area contributed by atoms with Crippen molar-refractivity contribution < 1.29 is 32.2 Å². The number of anilines is 1. The lowest BCUT2D eigenvalue weighted by Crippen LogP contribution is -2.46. The van der Waals surface area contributed by atoms with Crippen LogP contribution in [0.25, 0.3) is 0 Å². The summed E-state index contributed by atoms with van der Waals surface area (Å²) in [4.78, 5) is 23.9. The Balaban J connectivity index is 2.20. The van der Waals surface area contributed by atoms with Crippen LogP contribution in [0.5, 0.6) is 0 Å². The highest BCUT2D eigenvalue weighted by molar-refractivity contribution is 7.92. The number of carbonyl (C=O) groups is 2. The predicted molar refractivity (Wildman–Crippen MR) is 87.3 cm³/mol. The summed E-state index contributed by atoms with van der Waals surface area (Å²) in [6.07, 6.45) is 1.37. The second-order valence-corrected chi connectivity index (χ2v) is 7.69. The summed E-state index contributed by atoms with van der Waals surface area (Å²) >= 11 is 0. The van der Waals surface area contributed by atoms with Gasteiger partial charge in [0.05, 0.1) is 22.9 Å². The normalized spacial score (nSPS) is 16.9. The number of carboxylic acids is 1. The van der Waals surface area contributed by atoms with Gasteiger partial charge in [0.2, 0.25) is 10.0 Å². The largest absolute Gasteiger partial charge is 0.481 e. The number of hydrogen-bond acceptors (Lipinski definition) is 5. The summed E-state index contributed by atoms with van der Waals surface area (Å²) in [5.41, 5.74) is -1.47. The maximum absolute atomic E-state index is 13.5. The van der Waals surface area contributed by atoms with Crippen LogP contribution in [0.2, 0.25) is 0 Å². The first-order valence-corrected chi connectivity index (χ1v) is 9.39. The van der Waals surface area contributed by atoms with Gasteiger partial charge in [-0.1, -0.05) is 0 Å². The molecule has 1 aromatic rings. The minimum atomic E-state index is -3.67. The highest BCUT2D eigenvalue weighted by Crippen LogP contribution is 2.30. The Kier molecular flexibility index (Phi) is 5.63. The fourth-order valence-electron chi connectivity index (χ4n) is 2.57. The molecule has 0 radical (unpaired) electrons. The molecule has 0 spiro atoms. The number of aliphatic carboxylic acids is 1. The van der Waals surface area contributed by atoms with E-state index in [2.05, 4.69) is 10.0 Å². The Bertz CT molecular complexity index is 774. The van der Waals surface area contributed by atoms with Gasteiger partial charge in [0.15, 0.2) is 0 Å². The Labute approximate surface area is 144 Å². The number of halogens is 1. The lowest BCUT2D eigenvalue weighted by atomic mass is 9.80. The van der Waals surface area contributed by atoms with Crippen molar-refractivity contribution in [3.05, 3.63) is 29.6 Å². The van der Waals surface area contributed by atoms with Crippen molar-refractivity contribution in [2.45, 2.75) is 12.8 Å². The van der Waals surface area contributed by atoms with Crippen LogP contribution in [0.1, 0.15) is 23.2 Å². The van der Waals surface area contributed by atoms with Gasteiger partial charge in [-0.2, -0.15) is 0 Å². The summed E-state index contributed by atoms with van der Waals surface area (Å²) in [5.74, 6) is -2.54. The quantitative estimate of drug-likeness (QED) is 0.677. The number of sulfonamides is 1. The fourth-order valence-corrected chi connectivity index (χ4v) is 3.14. The van der Waals surface area contributed by atoms with Gasteiger partial charge in [0.1, 0.15) is 5.82 Å². The highest BCUT2D eigenvalue weighted by Gasteiger charge is 2.40. The number of carboxylic acid groups (broad SMARTS) is 1. The zero-order valence-corrected chi connectivity index (χ0v) is 14.4. The summed E-state index contributed by atoms with van der Waals surface area (Å²) in [5, 5.41) is 11.9. The molecule has 0 saturated carbocycles. The van der Waals surface area contributed by atoms with Gasteiger partial charge in [-0.05, 0) is 31.0 Å². The number of rotatable bonds is 6. The molecule has 1 aliphatic rings. The van der Waals surface area contributed by atoms with E-state index in [1.807, 2.05) is 0 Å². The lowest BCUT2D eigenvalue weighted by Gasteiger charge is -2.33. The third kappa shape index (κ3) is 4.89. The molecule has 8 nitrogen and oxygen atoms in total. The molecule has 1 aliphatic heterocycles. The summed E-state index contributed by atoms with van der Waals surface area (Å²) in [7, 11) is -3.67. The molecule has 1 fully saturated rings. The van der Waals surface area contributed by atoms with Crippen LogP contribution < -0.4 is 10.0 Å². The minimum Gasteiger partial charge on any atom is -0.481 e. The predicted octanol–water partition coefficient (Wildman–Crippen LogP) is 0.808. The number of hydrogen-bond donors (Lipinski definition) is 3. The second-order valence-electron chi connectivity index (χ2n) is 5.94. The monoisotopic (exact) mass is 374 g/mol. The van der Waals surface area contributed by atoms with Gasteiger partial charge in [-0.25, -0.2) is 12.8 Å². The molecule has 10 heteroatoms. The molecule has 138 valence electrons. The first-order valence-electron chi connectivity index (χ1n) is 7.50. The molecule has 0 aromatic heterocycles. The van der Waals surface area contributed by atoms with Crippen molar-refractivity contribution in [2.75, 3.05) is 30.7 Å². The first kappa shape index (κ1) is 19.1. The van der Waals surface area contributed by atoms with Crippen LogP contribution in [-0.2, 0) is 19.6 Å². The van der Waals surface area contributed by atoms with E-state index in [1.54, 1.807) is 0 Å². The maximum atomic E-state index is 13.5. The number of ether oxygens (including phenoxy) is 1. The first-order chi connectivity index (χ1) is 11.6. The number of benzene rings is 1. The number of carbonyl (C=O) groups excluding carboxylic acids is 1. The molecule has 1 aromatic carbocycles. The van der Waals surface area contributed by atoms with Crippen molar-refractivity contribution in [2.24, 2.45) is 5.41 Å². The molecule has 1 heterocycles. The molecule has 0 atom stereocenters. The van der Waals surface area contributed by atoms with Crippen LogP contribution in [0.15, 0.2) is 18.2 Å². The fraction of sp³-hybridized carbons (Fsp3) is 0.467. The van der Waals surface area contributed by atoms with Crippen LogP contribution in [0.4, 0.5) is 10.1 Å². The van der Waals surface area contributed by atoms with E-state index in [4.69, 9.17) is 4.74 Å². The highest BCUT2D eigenvalue weighted by atomic mass is 32.2. The third-order valence-corrected chi connectivity index (χ3v) is 4.60. The average molecular weight is 374 g/mol. The van der Waals surface area contributed by atoms with Crippen molar-refractivity contribution >= 4 is 27.6 Å². The molecular weight excluding hydrogens is 355 g/mol. The van der Waals surface area contributed by atoms with E-state index in [-0.39, 0.29) is 43.9 Å². The Morgan fingerprint density at radius 3 is 2.52 bits per heavy atom. The molecule has 0 unspecified atom stereocenters. The topological polar surface area (TPSA) is 122 Å². The molecule has 1 saturated heterocycles. The molecule has 25 heavy (non-hydrogen) atoms. The van der Waals surface area contributed by atoms with Crippen LogP contribution in [-0.4, -0.2) is 51.4 Å². The molecular formula is C15H19FN2O6S. The third-order valence-electron chi connectivity index (χ3n) is 4.01. The van der Waals surface area contributed by atoms with E-state index < -0.39 is 33.1 Å². The van der Waals surface area contributed by atoms with E-state index in [0.717, 1.165) is 24.5 Å².